The van der Waals surface area contributed by atoms with Crippen LogP contribution in [0.15, 0.2) is 18.2 Å². The van der Waals surface area contributed by atoms with E-state index >= 15 is 0 Å². The number of halogens is 1. The van der Waals surface area contributed by atoms with Crippen molar-refractivity contribution in [2.75, 3.05) is 13.1 Å². The first kappa shape index (κ1) is 11.9. The summed E-state index contributed by atoms with van der Waals surface area (Å²) in [5.41, 5.74) is 5.56. The minimum Gasteiger partial charge on any atom is -0.508 e. The summed E-state index contributed by atoms with van der Waals surface area (Å²) in [4.78, 5) is 13.7. The van der Waals surface area contributed by atoms with Crippen molar-refractivity contribution in [2.45, 2.75) is 18.9 Å². The number of rotatable bonds is 2. The third-order valence-electron chi connectivity index (χ3n) is 3.09. The molecule has 0 aromatic heterocycles. The summed E-state index contributed by atoms with van der Waals surface area (Å²) < 4.78 is 13.5. The summed E-state index contributed by atoms with van der Waals surface area (Å²) in [6.45, 7) is 1.01. The van der Waals surface area contributed by atoms with Crippen molar-refractivity contribution < 1.29 is 14.3 Å². The largest absolute Gasteiger partial charge is 0.508 e. The van der Waals surface area contributed by atoms with E-state index in [1.165, 1.54) is 12.1 Å². The first-order valence-corrected chi connectivity index (χ1v) is 5.63. The predicted molar refractivity (Wildman–Crippen MR) is 61.2 cm³/mol. The number of hydrogen-bond acceptors (Lipinski definition) is 3. The average molecular weight is 238 g/mol. The summed E-state index contributed by atoms with van der Waals surface area (Å²) in [6.07, 6.45) is 1.76. The molecule has 1 atom stereocenters. The fourth-order valence-corrected chi connectivity index (χ4v) is 2.18. The molecule has 0 spiro atoms. The van der Waals surface area contributed by atoms with Crippen molar-refractivity contribution in [1.29, 1.82) is 0 Å². The lowest BCUT2D eigenvalue weighted by atomic mass is 10.1. The molecule has 0 saturated carbocycles. The second-order valence-electron chi connectivity index (χ2n) is 4.19. The second-order valence-corrected chi connectivity index (χ2v) is 4.19. The van der Waals surface area contributed by atoms with Crippen molar-refractivity contribution in [3.63, 3.8) is 0 Å². The molecule has 1 unspecified atom stereocenters. The highest BCUT2D eigenvalue weighted by molar-refractivity contribution is 5.95. The van der Waals surface area contributed by atoms with Crippen LogP contribution in [-0.2, 0) is 0 Å². The Balaban J connectivity index is 2.24. The van der Waals surface area contributed by atoms with E-state index < -0.39 is 5.82 Å². The number of phenolic OH excluding ortho intramolecular Hbond substituents is 1. The fraction of sp³-hybridized carbons (Fsp3) is 0.417. The molecule has 3 N–H and O–H groups in total. The van der Waals surface area contributed by atoms with Gasteiger partial charge in [-0.15, -0.1) is 0 Å². The Labute approximate surface area is 98.8 Å². The third kappa shape index (κ3) is 2.24. The number of phenols is 1. The van der Waals surface area contributed by atoms with Gasteiger partial charge in [0, 0.05) is 25.2 Å². The molecule has 17 heavy (non-hydrogen) atoms. The molecule has 2 rings (SSSR count). The topological polar surface area (TPSA) is 66.6 Å². The molecule has 0 bridgehead atoms. The summed E-state index contributed by atoms with van der Waals surface area (Å²) in [6, 6.07) is 3.56. The van der Waals surface area contributed by atoms with Gasteiger partial charge >= 0.3 is 0 Å². The maximum Gasteiger partial charge on any atom is 0.257 e. The molecule has 92 valence electrons. The number of carbonyl (C=O) groups excluding carboxylic acids is 1. The highest BCUT2D eigenvalue weighted by Crippen LogP contribution is 2.22. The molecule has 1 aromatic carbocycles. The molecule has 1 amide bonds. The lowest BCUT2D eigenvalue weighted by Gasteiger charge is -2.23. The summed E-state index contributed by atoms with van der Waals surface area (Å²) >= 11 is 0. The number of amides is 1. The molecule has 1 aliphatic rings. The number of carbonyl (C=O) groups is 1. The molecule has 1 aromatic rings. The predicted octanol–water partition coefficient (Wildman–Crippen LogP) is 1.09. The van der Waals surface area contributed by atoms with Crippen LogP contribution in [0, 0.1) is 5.82 Å². The number of nitrogens with zero attached hydrogens (tertiary/aromatic N) is 1. The van der Waals surface area contributed by atoms with Crippen LogP contribution in [-0.4, -0.2) is 35.0 Å². The van der Waals surface area contributed by atoms with Gasteiger partial charge in [-0.25, -0.2) is 4.39 Å². The van der Waals surface area contributed by atoms with E-state index in [2.05, 4.69) is 0 Å². The van der Waals surface area contributed by atoms with Gasteiger partial charge in [-0.05, 0) is 25.0 Å². The van der Waals surface area contributed by atoms with Crippen LogP contribution < -0.4 is 5.73 Å². The Hall–Kier alpha value is -1.62. The van der Waals surface area contributed by atoms with Crippen LogP contribution in [0.4, 0.5) is 4.39 Å². The van der Waals surface area contributed by atoms with Crippen LogP contribution in [0.2, 0.25) is 0 Å². The normalized spacial score (nSPS) is 19.6. The van der Waals surface area contributed by atoms with E-state index in [1.54, 1.807) is 4.90 Å². The standard InChI is InChI=1S/C12H15FN2O2/c13-11-6-9(16)3-4-10(11)12(17)15-5-1-2-8(15)7-14/h3-4,6,8,16H,1-2,5,7,14H2. The SMILES string of the molecule is NCC1CCCN1C(=O)c1ccc(O)cc1F. The lowest BCUT2D eigenvalue weighted by Crippen LogP contribution is -2.40. The maximum absolute atomic E-state index is 13.5. The molecule has 5 heteroatoms. The van der Waals surface area contributed by atoms with Crippen molar-refractivity contribution in [3.8, 4) is 5.75 Å². The zero-order valence-electron chi connectivity index (χ0n) is 9.40. The van der Waals surface area contributed by atoms with Crippen LogP contribution in [0.3, 0.4) is 0 Å². The number of aromatic hydroxyl groups is 1. The van der Waals surface area contributed by atoms with Gasteiger partial charge in [0.05, 0.1) is 5.56 Å². The third-order valence-corrected chi connectivity index (χ3v) is 3.09. The number of likely N-dealkylation sites (tertiary alicyclic amines) is 1. The van der Waals surface area contributed by atoms with E-state index in [0.717, 1.165) is 18.9 Å². The first-order valence-electron chi connectivity index (χ1n) is 5.63. The van der Waals surface area contributed by atoms with Crippen molar-refractivity contribution in [1.82, 2.24) is 4.90 Å². The van der Waals surface area contributed by atoms with Crippen molar-refractivity contribution in [3.05, 3.63) is 29.6 Å². The zero-order chi connectivity index (χ0) is 12.4. The monoisotopic (exact) mass is 238 g/mol. The van der Waals surface area contributed by atoms with Gasteiger partial charge in [0.15, 0.2) is 0 Å². The Morgan fingerprint density at radius 2 is 2.35 bits per heavy atom. The van der Waals surface area contributed by atoms with Gasteiger partial charge in [-0.3, -0.25) is 4.79 Å². The number of hydrogen-bond donors (Lipinski definition) is 2. The summed E-state index contributed by atoms with van der Waals surface area (Å²) in [7, 11) is 0. The van der Waals surface area contributed by atoms with E-state index in [9.17, 15) is 9.18 Å². The minimum atomic E-state index is -0.697. The highest BCUT2D eigenvalue weighted by atomic mass is 19.1. The Morgan fingerprint density at radius 3 is 3.00 bits per heavy atom. The van der Waals surface area contributed by atoms with E-state index in [4.69, 9.17) is 10.8 Å². The van der Waals surface area contributed by atoms with E-state index in [1.807, 2.05) is 0 Å². The first-order chi connectivity index (χ1) is 8.13. The zero-order valence-corrected chi connectivity index (χ0v) is 9.40. The van der Waals surface area contributed by atoms with E-state index in [0.29, 0.717) is 13.1 Å². The van der Waals surface area contributed by atoms with Gasteiger partial charge in [-0.1, -0.05) is 0 Å². The molecular formula is C12H15FN2O2. The molecular weight excluding hydrogens is 223 g/mol. The Morgan fingerprint density at radius 1 is 1.59 bits per heavy atom. The van der Waals surface area contributed by atoms with E-state index in [-0.39, 0.29) is 23.3 Å². The molecule has 1 aliphatic heterocycles. The van der Waals surface area contributed by atoms with Gasteiger partial charge in [0.1, 0.15) is 11.6 Å². The average Bonchev–Trinajstić information content (AvgIpc) is 2.76. The van der Waals surface area contributed by atoms with Crippen LogP contribution in [0.25, 0.3) is 0 Å². The quantitative estimate of drug-likeness (QED) is 0.810. The molecule has 0 aliphatic carbocycles. The summed E-state index contributed by atoms with van der Waals surface area (Å²) in [5.74, 6) is -1.23. The maximum atomic E-state index is 13.5. The highest BCUT2D eigenvalue weighted by Gasteiger charge is 2.29. The van der Waals surface area contributed by atoms with Crippen LogP contribution in [0.1, 0.15) is 23.2 Å². The number of benzene rings is 1. The van der Waals surface area contributed by atoms with Gasteiger partial charge in [0.2, 0.25) is 0 Å². The van der Waals surface area contributed by atoms with Gasteiger partial charge in [0.25, 0.3) is 5.91 Å². The number of nitrogens with two attached hydrogens (primary N) is 1. The molecule has 1 saturated heterocycles. The second kappa shape index (κ2) is 4.71. The van der Waals surface area contributed by atoms with Gasteiger partial charge < -0.3 is 15.7 Å². The lowest BCUT2D eigenvalue weighted by molar-refractivity contribution is 0.0736. The van der Waals surface area contributed by atoms with Crippen molar-refractivity contribution >= 4 is 5.91 Å². The van der Waals surface area contributed by atoms with Gasteiger partial charge in [-0.2, -0.15) is 0 Å². The van der Waals surface area contributed by atoms with Crippen LogP contribution in [0.5, 0.6) is 5.75 Å². The molecule has 1 fully saturated rings. The Bertz CT molecular complexity index is 437. The fourth-order valence-electron chi connectivity index (χ4n) is 2.18. The molecule has 1 heterocycles. The van der Waals surface area contributed by atoms with Crippen molar-refractivity contribution in [2.24, 2.45) is 5.73 Å². The molecule has 4 nitrogen and oxygen atoms in total. The summed E-state index contributed by atoms with van der Waals surface area (Å²) in [5, 5.41) is 9.10. The molecule has 0 radical (unpaired) electrons. The Kier molecular flexibility index (Phi) is 3.28. The minimum absolute atomic E-state index is 0.00398. The van der Waals surface area contributed by atoms with Crippen LogP contribution >= 0.6 is 0 Å². The smallest absolute Gasteiger partial charge is 0.257 e.